The van der Waals surface area contributed by atoms with E-state index in [1.54, 1.807) is 29.0 Å². The zero-order valence-electron chi connectivity index (χ0n) is 8.95. The molecule has 0 amide bonds. The number of rotatable bonds is 2. The van der Waals surface area contributed by atoms with Crippen LogP contribution in [0, 0.1) is 0 Å². The van der Waals surface area contributed by atoms with Gasteiger partial charge in [0.05, 0.1) is 6.20 Å². The Morgan fingerprint density at radius 1 is 1.18 bits per heavy atom. The van der Waals surface area contributed by atoms with Crippen LogP contribution in [0.3, 0.4) is 0 Å². The zero-order chi connectivity index (χ0) is 11.7. The Bertz CT molecular complexity index is 670. The average Bonchev–Trinajstić information content (AvgIpc) is 2.83. The molecular formula is C13H9N3O. The average molecular weight is 223 g/mol. The van der Waals surface area contributed by atoms with Gasteiger partial charge in [-0.05, 0) is 11.6 Å². The fraction of sp³-hybridized carbons (Fsp3) is 0. The summed E-state index contributed by atoms with van der Waals surface area (Å²) >= 11 is 0. The van der Waals surface area contributed by atoms with E-state index in [0.29, 0.717) is 5.56 Å². The van der Waals surface area contributed by atoms with Crippen molar-refractivity contribution in [1.82, 2.24) is 14.6 Å². The smallest absolute Gasteiger partial charge is 0.162 e. The Morgan fingerprint density at radius 2 is 2.00 bits per heavy atom. The molecule has 4 heteroatoms. The van der Waals surface area contributed by atoms with E-state index in [9.17, 15) is 4.79 Å². The monoisotopic (exact) mass is 223 g/mol. The third kappa shape index (κ3) is 1.59. The molecule has 1 aromatic carbocycles. The van der Waals surface area contributed by atoms with Gasteiger partial charge in [0.2, 0.25) is 0 Å². The molecule has 0 saturated heterocycles. The standard InChI is InChI=1S/C13H9N3O/c17-9-10-2-4-11(5-3-10)12-8-15-16-7-1-6-14-13(12)16/h1-9H. The second-order valence-electron chi connectivity index (χ2n) is 3.69. The first kappa shape index (κ1) is 9.72. The number of nitrogens with zero attached hydrogens (tertiary/aromatic N) is 3. The van der Waals surface area contributed by atoms with Gasteiger partial charge in [0.15, 0.2) is 5.65 Å². The summed E-state index contributed by atoms with van der Waals surface area (Å²) in [7, 11) is 0. The van der Waals surface area contributed by atoms with E-state index < -0.39 is 0 Å². The van der Waals surface area contributed by atoms with E-state index in [1.165, 1.54) is 0 Å². The Balaban J connectivity index is 2.16. The van der Waals surface area contributed by atoms with Gasteiger partial charge < -0.3 is 0 Å². The first-order valence-electron chi connectivity index (χ1n) is 5.22. The lowest BCUT2D eigenvalue weighted by molar-refractivity contribution is 0.112. The third-order valence-corrected chi connectivity index (χ3v) is 2.64. The number of hydrogen-bond donors (Lipinski definition) is 0. The zero-order valence-corrected chi connectivity index (χ0v) is 8.95. The van der Waals surface area contributed by atoms with Crippen LogP contribution in [0.4, 0.5) is 0 Å². The van der Waals surface area contributed by atoms with E-state index in [-0.39, 0.29) is 0 Å². The number of carbonyl (C=O) groups is 1. The van der Waals surface area contributed by atoms with Crippen molar-refractivity contribution >= 4 is 11.9 Å². The Morgan fingerprint density at radius 3 is 2.76 bits per heavy atom. The highest BCUT2D eigenvalue weighted by Crippen LogP contribution is 2.22. The van der Waals surface area contributed by atoms with Gasteiger partial charge >= 0.3 is 0 Å². The first-order valence-corrected chi connectivity index (χ1v) is 5.22. The van der Waals surface area contributed by atoms with Gasteiger partial charge in [-0.15, -0.1) is 0 Å². The minimum atomic E-state index is 0.665. The molecule has 0 atom stereocenters. The van der Waals surface area contributed by atoms with Gasteiger partial charge in [-0.25, -0.2) is 9.50 Å². The van der Waals surface area contributed by atoms with E-state index in [4.69, 9.17) is 0 Å². The van der Waals surface area contributed by atoms with Crippen molar-refractivity contribution in [3.8, 4) is 11.1 Å². The maximum Gasteiger partial charge on any atom is 0.162 e. The fourth-order valence-corrected chi connectivity index (χ4v) is 1.77. The van der Waals surface area contributed by atoms with Crippen molar-refractivity contribution in [2.24, 2.45) is 0 Å². The molecule has 0 aliphatic carbocycles. The van der Waals surface area contributed by atoms with Crippen LogP contribution < -0.4 is 0 Å². The molecule has 0 spiro atoms. The van der Waals surface area contributed by atoms with Crippen molar-refractivity contribution in [2.45, 2.75) is 0 Å². The molecule has 0 aliphatic rings. The number of hydrogen-bond acceptors (Lipinski definition) is 3. The number of fused-ring (bicyclic) bond motifs is 1. The minimum absolute atomic E-state index is 0.665. The summed E-state index contributed by atoms with van der Waals surface area (Å²) in [6.45, 7) is 0. The quantitative estimate of drug-likeness (QED) is 0.626. The molecule has 17 heavy (non-hydrogen) atoms. The molecule has 3 aromatic rings. The molecule has 0 radical (unpaired) electrons. The predicted molar refractivity (Wildman–Crippen MR) is 63.8 cm³/mol. The third-order valence-electron chi connectivity index (χ3n) is 2.64. The summed E-state index contributed by atoms with van der Waals surface area (Å²) in [4.78, 5) is 14.9. The molecule has 82 valence electrons. The molecule has 4 nitrogen and oxygen atoms in total. The lowest BCUT2D eigenvalue weighted by Crippen LogP contribution is -1.87. The van der Waals surface area contributed by atoms with Crippen molar-refractivity contribution in [3.63, 3.8) is 0 Å². The second kappa shape index (κ2) is 3.83. The highest BCUT2D eigenvalue weighted by Gasteiger charge is 2.06. The molecule has 0 N–H and O–H groups in total. The lowest BCUT2D eigenvalue weighted by atomic mass is 10.1. The van der Waals surface area contributed by atoms with E-state index in [1.807, 2.05) is 24.4 Å². The summed E-state index contributed by atoms with van der Waals surface area (Å²) in [6, 6.07) is 9.20. The van der Waals surface area contributed by atoms with Gasteiger partial charge in [0.1, 0.15) is 6.29 Å². The summed E-state index contributed by atoms with van der Waals surface area (Å²) in [5.41, 5.74) is 3.44. The minimum Gasteiger partial charge on any atom is -0.298 e. The molecular weight excluding hydrogens is 214 g/mol. The number of aromatic nitrogens is 3. The molecule has 2 heterocycles. The van der Waals surface area contributed by atoms with Crippen LogP contribution in [-0.4, -0.2) is 20.9 Å². The van der Waals surface area contributed by atoms with Crippen molar-refractivity contribution in [3.05, 3.63) is 54.5 Å². The van der Waals surface area contributed by atoms with Crippen LogP contribution in [0.15, 0.2) is 48.9 Å². The van der Waals surface area contributed by atoms with Crippen LogP contribution in [-0.2, 0) is 0 Å². The summed E-state index contributed by atoms with van der Waals surface area (Å²) in [5.74, 6) is 0. The van der Waals surface area contributed by atoms with Gasteiger partial charge in [-0.3, -0.25) is 4.79 Å². The molecule has 0 fully saturated rings. The van der Waals surface area contributed by atoms with Gasteiger partial charge in [0, 0.05) is 23.5 Å². The molecule has 0 aliphatic heterocycles. The fourth-order valence-electron chi connectivity index (χ4n) is 1.77. The van der Waals surface area contributed by atoms with Gasteiger partial charge in [-0.1, -0.05) is 24.3 Å². The topological polar surface area (TPSA) is 47.3 Å². The van der Waals surface area contributed by atoms with Crippen LogP contribution in [0.1, 0.15) is 10.4 Å². The maximum absolute atomic E-state index is 10.6. The normalized spacial score (nSPS) is 10.6. The molecule has 0 saturated carbocycles. The van der Waals surface area contributed by atoms with Crippen molar-refractivity contribution < 1.29 is 4.79 Å². The van der Waals surface area contributed by atoms with E-state index >= 15 is 0 Å². The van der Waals surface area contributed by atoms with Crippen LogP contribution >= 0.6 is 0 Å². The Labute approximate surface area is 97.5 Å². The highest BCUT2D eigenvalue weighted by atomic mass is 16.1. The highest BCUT2D eigenvalue weighted by molar-refractivity contribution is 5.80. The largest absolute Gasteiger partial charge is 0.298 e. The SMILES string of the molecule is O=Cc1ccc(-c2cnn3cccnc23)cc1. The molecule has 0 unspecified atom stereocenters. The van der Waals surface area contributed by atoms with Crippen LogP contribution in [0.5, 0.6) is 0 Å². The Hall–Kier alpha value is -2.49. The maximum atomic E-state index is 10.6. The first-order chi connectivity index (χ1) is 8.38. The van der Waals surface area contributed by atoms with Crippen LogP contribution in [0.25, 0.3) is 16.8 Å². The number of aldehydes is 1. The van der Waals surface area contributed by atoms with E-state index in [0.717, 1.165) is 23.1 Å². The number of benzene rings is 1. The summed E-state index contributed by atoms with van der Waals surface area (Å²) in [5, 5.41) is 4.22. The van der Waals surface area contributed by atoms with Gasteiger partial charge in [0.25, 0.3) is 0 Å². The van der Waals surface area contributed by atoms with Crippen molar-refractivity contribution in [2.75, 3.05) is 0 Å². The lowest BCUT2D eigenvalue weighted by Gasteiger charge is -1.98. The second-order valence-corrected chi connectivity index (χ2v) is 3.69. The van der Waals surface area contributed by atoms with Crippen molar-refractivity contribution in [1.29, 1.82) is 0 Å². The summed E-state index contributed by atoms with van der Waals surface area (Å²) < 4.78 is 1.73. The van der Waals surface area contributed by atoms with Gasteiger partial charge in [-0.2, -0.15) is 5.10 Å². The molecule has 2 aromatic heterocycles. The molecule has 3 rings (SSSR count). The summed E-state index contributed by atoms with van der Waals surface area (Å²) in [6.07, 6.45) is 6.20. The number of carbonyl (C=O) groups excluding carboxylic acids is 1. The van der Waals surface area contributed by atoms with Crippen LogP contribution in [0.2, 0.25) is 0 Å². The Kier molecular flexibility index (Phi) is 2.19. The molecule has 0 bridgehead atoms. The predicted octanol–water partition coefficient (Wildman–Crippen LogP) is 2.21. The van der Waals surface area contributed by atoms with E-state index in [2.05, 4.69) is 10.1 Å².